The van der Waals surface area contributed by atoms with Gasteiger partial charge in [0, 0.05) is 0 Å². The van der Waals surface area contributed by atoms with Gasteiger partial charge in [0.05, 0.1) is 0 Å². The van der Waals surface area contributed by atoms with Crippen molar-refractivity contribution in [1.29, 1.82) is 0 Å². The third-order valence-electron chi connectivity index (χ3n) is 3.11. The van der Waals surface area contributed by atoms with Gasteiger partial charge in [-0.3, -0.25) is 0 Å². The Bertz CT molecular complexity index is 676. The number of nitrogens with one attached hydrogen (secondary N) is 1. The van der Waals surface area contributed by atoms with E-state index in [1.807, 2.05) is 30.3 Å². The number of carbonyl (C=O) groups is 2. The first-order valence-electron chi connectivity index (χ1n) is 6.77. The monoisotopic (exact) mass is 505 g/mol. The van der Waals surface area contributed by atoms with E-state index in [1.165, 1.54) is 6.92 Å². The van der Waals surface area contributed by atoms with Gasteiger partial charge in [-0.2, -0.15) is 0 Å². The number of ether oxygens (including phenoxy) is 1. The molecule has 0 spiro atoms. The van der Waals surface area contributed by atoms with Crippen LogP contribution in [-0.4, -0.2) is 11.9 Å². The van der Waals surface area contributed by atoms with E-state index in [2.05, 4.69) is 5.32 Å². The van der Waals surface area contributed by atoms with E-state index in [0.717, 1.165) is 8.64 Å². The molecule has 0 bridgehead atoms. The van der Waals surface area contributed by atoms with E-state index < -0.39 is 29.4 Å². The Labute approximate surface area is 144 Å². The molecule has 0 saturated heterocycles. The number of carbonyl (C=O) groups excluding carboxylic acids is 2. The fourth-order valence-corrected chi connectivity index (χ4v) is 6.37. The molecule has 2 aromatic carbocycles. The van der Waals surface area contributed by atoms with Gasteiger partial charge in [-0.15, -0.1) is 0 Å². The van der Waals surface area contributed by atoms with E-state index in [9.17, 15) is 9.59 Å². The Hall–Kier alpha value is -1.39. The van der Waals surface area contributed by atoms with Crippen LogP contribution < -0.4 is 8.39 Å². The Balaban J connectivity index is 2.00. The predicted molar refractivity (Wildman–Crippen MR) is 82.2 cm³/mol. The van der Waals surface area contributed by atoms with Gasteiger partial charge in [0.2, 0.25) is 0 Å². The number of amides is 1. The molecule has 0 fully saturated rings. The first-order chi connectivity index (χ1) is 10.6. The molecule has 2 rings (SSSR count). The molecule has 2 aromatic rings. The van der Waals surface area contributed by atoms with Crippen LogP contribution in [0, 0.1) is 0 Å². The average molecular weight is 504 g/mol. The Morgan fingerprint density at radius 1 is 1.18 bits per heavy atom. The standard InChI is InChI=1S/C16H14NO3.ClH.Hg/c1-12(18)14-7-9-15(10-8-14)17-16(19)20-11-13-5-3-2-4-6-13;;/h2-9H,11H2,1H3,(H,17,19);1H;/q;;+1/p-1. The molecule has 0 saturated carbocycles. The molecule has 0 aliphatic rings. The second-order valence-electron chi connectivity index (χ2n) is 4.75. The number of halogens is 1. The number of hydrogen-bond donors (Lipinski definition) is 1. The number of ketones is 1. The molecular formula is C16H14ClHgNO3. The summed E-state index contributed by atoms with van der Waals surface area (Å²) in [5, 5.41) is 2.70. The van der Waals surface area contributed by atoms with Crippen LogP contribution in [0.2, 0.25) is 0 Å². The fraction of sp³-hybridized carbons (Fsp3) is 0.125. The zero-order chi connectivity index (χ0) is 15.9. The van der Waals surface area contributed by atoms with Crippen molar-refractivity contribution in [3.05, 3.63) is 59.7 Å². The molecule has 1 N–H and O–H groups in total. The van der Waals surface area contributed by atoms with Gasteiger partial charge in [0.1, 0.15) is 0 Å². The second-order valence-corrected chi connectivity index (χ2v) is 11.1. The summed E-state index contributed by atoms with van der Waals surface area (Å²) in [6.07, 6.45) is -0.529. The molecule has 6 heteroatoms. The zero-order valence-electron chi connectivity index (χ0n) is 12.1. The molecule has 4 nitrogen and oxygen atoms in total. The van der Waals surface area contributed by atoms with E-state index in [1.54, 1.807) is 18.2 Å². The minimum atomic E-state index is -1.79. The van der Waals surface area contributed by atoms with Crippen LogP contribution in [0.15, 0.2) is 48.5 Å². The van der Waals surface area contributed by atoms with Gasteiger partial charge < -0.3 is 0 Å². The van der Waals surface area contributed by atoms with Crippen LogP contribution in [0.25, 0.3) is 0 Å². The minimum absolute atomic E-state index is 0.0158. The molecule has 22 heavy (non-hydrogen) atoms. The van der Waals surface area contributed by atoms with E-state index >= 15 is 0 Å². The van der Waals surface area contributed by atoms with Crippen molar-refractivity contribution in [2.75, 3.05) is 5.32 Å². The van der Waals surface area contributed by atoms with Crippen LogP contribution >= 0.6 is 8.25 Å². The summed E-state index contributed by atoms with van der Waals surface area (Å²) in [5.41, 5.74) is 2.17. The summed E-state index contributed by atoms with van der Waals surface area (Å²) in [5.74, 6) is -0.0158. The topological polar surface area (TPSA) is 55.4 Å². The number of Topliss-reactive ketones (excluding diaryl/α,β-unsaturated/α-hetero) is 1. The van der Waals surface area contributed by atoms with Crippen LogP contribution in [0.1, 0.15) is 22.8 Å². The van der Waals surface area contributed by atoms with Crippen LogP contribution in [-0.2, 0) is 34.7 Å². The van der Waals surface area contributed by atoms with Gasteiger partial charge in [0.25, 0.3) is 0 Å². The Morgan fingerprint density at radius 2 is 1.91 bits per heavy atom. The first kappa shape index (κ1) is 17.0. The Kier molecular flexibility index (Phi) is 6.40. The van der Waals surface area contributed by atoms with Crippen molar-refractivity contribution in [1.82, 2.24) is 0 Å². The number of rotatable bonds is 5. The zero-order valence-corrected chi connectivity index (χ0v) is 18.4. The van der Waals surface area contributed by atoms with E-state index in [0.29, 0.717) is 11.3 Å². The van der Waals surface area contributed by atoms with Gasteiger partial charge in [-0.1, -0.05) is 0 Å². The predicted octanol–water partition coefficient (Wildman–Crippen LogP) is 3.50. The van der Waals surface area contributed by atoms with Crippen molar-refractivity contribution < 1.29 is 37.7 Å². The average Bonchev–Trinajstić information content (AvgIpc) is 2.54. The molecule has 110 valence electrons. The number of anilines is 1. The van der Waals surface area contributed by atoms with E-state index in [-0.39, 0.29) is 12.4 Å². The normalized spacial score (nSPS) is 9.73. The summed E-state index contributed by atoms with van der Waals surface area (Å²) in [4.78, 5) is 23.2. The molecule has 0 unspecified atom stereocenters. The summed E-state index contributed by atoms with van der Waals surface area (Å²) < 4.78 is 6.07. The number of hydrogen-bond acceptors (Lipinski definition) is 3. The third kappa shape index (κ3) is 4.82. The molecule has 0 aliphatic carbocycles. The molecule has 1 amide bonds. The van der Waals surface area contributed by atoms with Gasteiger partial charge >= 0.3 is 145 Å². The van der Waals surface area contributed by atoms with Crippen LogP contribution in [0.3, 0.4) is 0 Å². The summed E-state index contributed by atoms with van der Waals surface area (Å²) in [7, 11) is 6.08. The maximum atomic E-state index is 11.9. The summed E-state index contributed by atoms with van der Waals surface area (Å²) >= 11 is -1.79. The van der Waals surface area contributed by atoms with Gasteiger partial charge in [-0.05, 0) is 0 Å². The second kappa shape index (κ2) is 8.29. The molecule has 0 radical (unpaired) electrons. The Morgan fingerprint density at radius 3 is 2.55 bits per heavy atom. The molecule has 0 atom stereocenters. The quantitative estimate of drug-likeness (QED) is 0.501. The van der Waals surface area contributed by atoms with Crippen LogP contribution in [0.4, 0.5) is 10.5 Å². The van der Waals surface area contributed by atoms with Crippen molar-refractivity contribution in [3.8, 4) is 0 Å². The molecule has 0 aromatic heterocycles. The molecule has 0 aliphatic heterocycles. The summed E-state index contributed by atoms with van der Waals surface area (Å²) in [6.45, 7) is 1.71. The number of benzene rings is 2. The summed E-state index contributed by atoms with van der Waals surface area (Å²) in [6, 6.07) is 14.6. The van der Waals surface area contributed by atoms with Crippen LogP contribution in [0.5, 0.6) is 0 Å². The van der Waals surface area contributed by atoms with Gasteiger partial charge in [0.15, 0.2) is 0 Å². The van der Waals surface area contributed by atoms with E-state index in [4.69, 9.17) is 13.0 Å². The van der Waals surface area contributed by atoms with Gasteiger partial charge in [-0.25, -0.2) is 0 Å². The third-order valence-corrected chi connectivity index (χ3v) is 9.03. The van der Waals surface area contributed by atoms with Crippen molar-refractivity contribution in [2.24, 2.45) is 0 Å². The maximum absolute atomic E-state index is 11.9. The van der Waals surface area contributed by atoms with Crippen molar-refractivity contribution in [2.45, 2.75) is 13.5 Å². The first-order valence-corrected chi connectivity index (χ1v) is 16.3. The SMILES string of the molecule is CC(=O)c1ccc(NC(=O)OCc2ccccc2)[c]([Hg][Cl])c1. The molecule has 0 heterocycles. The molecular weight excluding hydrogens is 490 g/mol. The van der Waals surface area contributed by atoms with Crippen molar-refractivity contribution in [3.63, 3.8) is 0 Å². The fourth-order valence-electron chi connectivity index (χ4n) is 1.91. The van der Waals surface area contributed by atoms with Crippen molar-refractivity contribution >= 4 is 28.9 Å².